The van der Waals surface area contributed by atoms with Crippen molar-refractivity contribution in [3.05, 3.63) is 166 Å². The number of hydrogen-bond donors (Lipinski definition) is 1. The molecule has 310 valence electrons. The number of nitrogens with zero attached hydrogens (tertiary/aromatic N) is 4. The van der Waals surface area contributed by atoms with Crippen LogP contribution in [0.3, 0.4) is 0 Å². The van der Waals surface area contributed by atoms with E-state index in [2.05, 4.69) is 6.08 Å². The Labute approximate surface area is 344 Å². The molecule has 0 bridgehead atoms. The lowest BCUT2D eigenvalue weighted by atomic mass is 10.0. The van der Waals surface area contributed by atoms with Gasteiger partial charge in [0.1, 0.15) is 6.29 Å². The van der Waals surface area contributed by atoms with Crippen LogP contribution in [0.15, 0.2) is 103 Å². The van der Waals surface area contributed by atoms with Crippen LogP contribution in [0.5, 0.6) is 0 Å². The molecule has 5 fully saturated rings. The highest BCUT2D eigenvalue weighted by Crippen LogP contribution is 2.60. The third-order valence-corrected chi connectivity index (χ3v) is 10.8. The van der Waals surface area contributed by atoms with Crippen molar-refractivity contribution in [2.24, 2.45) is 29.6 Å². The summed E-state index contributed by atoms with van der Waals surface area (Å²) < 4.78 is 0. The third-order valence-electron chi connectivity index (χ3n) is 10.8. The number of nitro groups is 4. The van der Waals surface area contributed by atoms with Crippen LogP contribution in [-0.4, -0.2) is 37.2 Å². The summed E-state index contributed by atoms with van der Waals surface area (Å²) in [5.74, 6) is 3.54. The van der Waals surface area contributed by atoms with Gasteiger partial charge in [-0.1, -0.05) is 78.9 Å². The Balaban J connectivity index is 0.000000170. The van der Waals surface area contributed by atoms with E-state index in [1.54, 1.807) is 67.6 Å². The zero-order valence-corrected chi connectivity index (χ0v) is 33.0. The monoisotopic (exact) mass is 807 g/mol. The molecule has 3 atom stereocenters. The number of nitro benzene ring substituents is 4. The molecule has 5 saturated carbocycles. The molecule has 0 spiro atoms. The molecule has 4 aromatic rings. The van der Waals surface area contributed by atoms with E-state index in [9.17, 15) is 50.4 Å². The van der Waals surface area contributed by atoms with E-state index in [1.807, 2.05) is 24.3 Å². The first kappa shape index (κ1) is 44.0. The lowest BCUT2D eigenvalue weighted by Crippen LogP contribution is -2.13. The van der Waals surface area contributed by atoms with Gasteiger partial charge >= 0.3 is 1.43 Å². The molecular weight excluding hydrogens is 757 g/mol. The molecule has 0 heterocycles. The highest BCUT2D eigenvalue weighted by molar-refractivity contribution is 5.61. The van der Waals surface area contributed by atoms with Gasteiger partial charge in [-0.2, -0.15) is 0 Å². The van der Waals surface area contributed by atoms with Crippen molar-refractivity contribution < 1.29 is 31.0 Å². The van der Waals surface area contributed by atoms with Crippen LogP contribution in [0.1, 0.15) is 87.4 Å². The number of allylic oxidation sites excluding steroid dienone is 1. The van der Waals surface area contributed by atoms with Gasteiger partial charge in [0.2, 0.25) is 0 Å². The largest absolute Gasteiger partial charge is 1.00 e. The number of carbonyl (C=O) groups excluding carboxylic acids is 1. The number of aryl methyl sites for hydroxylation is 1. The van der Waals surface area contributed by atoms with Gasteiger partial charge in [-0.15, -0.1) is 0 Å². The molecule has 14 heteroatoms. The summed E-state index contributed by atoms with van der Waals surface area (Å²) in [5.41, 5.74) is 3.77. The Hall–Kier alpha value is -6.15. The number of aldehydes is 1. The highest BCUT2D eigenvalue weighted by atomic mass is 16.6. The van der Waals surface area contributed by atoms with Crippen LogP contribution in [0.2, 0.25) is 0 Å². The van der Waals surface area contributed by atoms with Crippen molar-refractivity contribution in [1.82, 2.24) is 0 Å². The smallest absolute Gasteiger partial charge is 0.392 e. The van der Waals surface area contributed by atoms with E-state index in [0.717, 1.165) is 55.8 Å². The first-order chi connectivity index (χ1) is 28.4. The van der Waals surface area contributed by atoms with Gasteiger partial charge in [0.15, 0.2) is 0 Å². The van der Waals surface area contributed by atoms with Gasteiger partial charge in [0.05, 0.1) is 31.4 Å². The second kappa shape index (κ2) is 21.0. The lowest BCUT2D eigenvalue weighted by molar-refractivity contribution is -0.385. The fraction of sp³-hybridized carbons (Fsp3) is 0.400. The molecule has 4 aromatic carbocycles. The minimum atomic E-state index is -0.425. The van der Waals surface area contributed by atoms with E-state index in [4.69, 9.17) is 0 Å². The topological polar surface area (TPSA) is 210 Å². The summed E-state index contributed by atoms with van der Waals surface area (Å²) in [6.45, 7) is 1.72. The van der Waals surface area contributed by atoms with Crippen molar-refractivity contribution in [2.75, 3.05) is 0 Å². The number of benzene rings is 4. The molecule has 5 aliphatic rings. The quantitative estimate of drug-likeness (QED) is 0.0812. The molecule has 0 saturated heterocycles. The third kappa shape index (κ3) is 14.3. The Kier molecular flexibility index (Phi) is 15.7. The first-order valence-corrected chi connectivity index (χ1v) is 20.1. The van der Waals surface area contributed by atoms with E-state index < -0.39 is 11.0 Å². The Morgan fingerprint density at radius 3 is 1.64 bits per heavy atom. The van der Waals surface area contributed by atoms with Crippen LogP contribution in [0.25, 0.3) is 6.08 Å². The second-order valence-corrected chi connectivity index (χ2v) is 15.7. The average Bonchev–Trinajstić information content (AvgIpc) is 4.01. The van der Waals surface area contributed by atoms with E-state index >= 15 is 0 Å². The van der Waals surface area contributed by atoms with Crippen molar-refractivity contribution in [2.45, 2.75) is 83.2 Å². The zero-order chi connectivity index (χ0) is 42.5. The zero-order valence-electron chi connectivity index (χ0n) is 34.0. The van der Waals surface area contributed by atoms with Crippen LogP contribution in [0, 0.1) is 77.0 Å². The summed E-state index contributed by atoms with van der Waals surface area (Å²) in [4.78, 5) is 50.6. The van der Waals surface area contributed by atoms with Gasteiger partial charge in [0.25, 0.3) is 22.7 Å². The van der Waals surface area contributed by atoms with Gasteiger partial charge in [-0.25, -0.2) is 0 Å². The molecule has 5 aliphatic carbocycles. The maximum atomic E-state index is 10.9. The second-order valence-electron chi connectivity index (χ2n) is 15.7. The SMILES string of the molecule is Cc1ccccc1[N+](=O)[O-].O=CC1CC1.O=[N+]([O-])c1ccccc1/C=C/C1CC1.O=[N+]([O-])c1ccccc1C1CC1C1CC1.O=[N+]([O-])c1ccccc1CC(O)C1CC1.[H+]. The van der Waals surface area contributed by atoms with Gasteiger partial charge in [-0.05, 0) is 100 Å². The molecule has 3 unspecified atom stereocenters. The number of aliphatic hydroxyl groups excluding tert-OH is 1. The van der Waals surface area contributed by atoms with E-state index in [1.165, 1.54) is 43.9 Å². The molecule has 0 aliphatic heterocycles. The van der Waals surface area contributed by atoms with Crippen LogP contribution in [0.4, 0.5) is 22.7 Å². The van der Waals surface area contributed by atoms with E-state index in [-0.39, 0.29) is 33.3 Å². The summed E-state index contributed by atoms with van der Waals surface area (Å²) in [6.07, 6.45) is 15.6. The van der Waals surface area contributed by atoms with Crippen molar-refractivity contribution in [1.29, 1.82) is 0 Å². The van der Waals surface area contributed by atoms with Gasteiger partial charge < -0.3 is 9.90 Å². The molecule has 1 N–H and O–H groups in total. The normalized spacial score (nSPS) is 19.0. The maximum absolute atomic E-state index is 10.9. The van der Waals surface area contributed by atoms with Gasteiger partial charge in [0, 0.05) is 53.3 Å². The minimum Gasteiger partial charge on any atom is -0.392 e. The average molecular weight is 808 g/mol. The summed E-state index contributed by atoms with van der Waals surface area (Å²) in [7, 11) is 0. The summed E-state index contributed by atoms with van der Waals surface area (Å²) in [5, 5.41) is 52.2. The van der Waals surface area contributed by atoms with Gasteiger partial charge in [-0.3, -0.25) is 40.5 Å². The molecule has 0 aromatic heterocycles. The first-order valence-electron chi connectivity index (χ1n) is 20.1. The Bertz CT molecular complexity index is 2120. The lowest BCUT2D eigenvalue weighted by Gasteiger charge is -2.08. The number of aliphatic hydroxyl groups is 1. The Morgan fingerprint density at radius 2 is 1.15 bits per heavy atom. The van der Waals surface area contributed by atoms with Crippen molar-refractivity contribution >= 4 is 35.1 Å². The molecule has 0 radical (unpaired) electrons. The van der Waals surface area contributed by atoms with E-state index in [0.29, 0.717) is 52.5 Å². The molecule has 0 amide bonds. The maximum Gasteiger partial charge on any atom is 1.00 e. The fourth-order valence-corrected chi connectivity index (χ4v) is 6.64. The number of hydrogen-bond acceptors (Lipinski definition) is 10. The highest BCUT2D eigenvalue weighted by Gasteiger charge is 2.49. The predicted molar refractivity (Wildman–Crippen MR) is 225 cm³/mol. The van der Waals surface area contributed by atoms with Crippen molar-refractivity contribution in [3.63, 3.8) is 0 Å². The van der Waals surface area contributed by atoms with Crippen LogP contribution >= 0.6 is 0 Å². The Morgan fingerprint density at radius 1 is 0.644 bits per heavy atom. The number of para-hydroxylation sites is 4. The number of carbonyl (C=O) groups is 1. The molecule has 59 heavy (non-hydrogen) atoms. The number of rotatable bonds is 12. The predicted octanol–water partition coefficient (Wildman–Crippen LogP) is 10.6. The minimum absolute atomic E-state index is 0. The molecule has 9 rings (SSSR count). The van der Waals surface area contributed by atoms with Crippen LogP contribution in [-0.2, 0) is 11.2 Å². The summed E-state index contributed by atoms with van der Waals surface area (Å²) >= 11 is 0. The van der Waals surface area contributed by atoms with Crippen molar-refractivity contribution in [3.8, 4) is 0 Å². The molecule has 14 nitrogen and oxygen atoms in total. The summed E-state index contributed by atoms with van der Waals surface area (Å²) in [6, 6.07) is 27.3. The standard InChI is InChI=1S/C12H13NO2.C11H13NO3.C11H11NO2.C7H7NO2.C4H6O/c14-13(15)12-4-2-1-3-9(12)11-7-10(11)8-5-6-8;13-11(8-5-6-8)7-9-3-1-2-4-10(9)12(14)15;13-12(14)11-4-2-1-3-10(11)8-7-9-5-6-9;1-6-4-2-3-5-7(6)8(9)10;5-3-4-1-2-4/h1-4,8,10-11H,5-7H2;1-4,8,11,13H,5-7H2;1-4,7-9H,5-6H2;2-5H,1H3;3-4H,1-2H2/p+1/b;;8-7+;;. The fourth-order valence-electron chi connectivity index (χ4n) is 6.64. The molecular formula is C45H51N4O10+. The van der Waals surface area contributed by atoms with Crippen LogP contribution < -0.4 is 0 Å².